The number of hydrogen-bond donors (Lipinski definition) is 1. The largest absolute Gasteiger partial charge is 0.385 e. The molecule has 10 rings (SSSR count). The van der Waals surface area contributed by atoms with Crippen LogP contribution < -0.4 is 0 Å². The van der Waals surface area contributed by atoms with Crippen molar-refractivity contribution < 1.29 is 9.90 Å². The summed E-state index contributed by atoms with van der Waals surface area (Å²) in [6, 6.07) is 14.5. The molecule has 1 heterocycles. The molecule has 7 unspecified atom stereocenters. The summed E-state index contributed by atoms with van der Waals surface area (Å²) in [5.74, 6) is 6.90. The molecule has 298 valence electrons. The summed E-state index contributed by atoms with van der Waals surface area (Å²) in [4.78, 5) is 16.3. The predicted octanol–water partition coefficient (Wildman–Crippen LogP) is 13.0. The van der Waals surface area contributed by atoms with Crippen LogP contribution >= 0.6 is 0 Å². The molecule has 3 heteroatoms. The van der Waals surface area contributed by atoms with Crippen LogP contribution in [0.15, 0.2) is 78.2 Å². The average molecular weight is 744 g/mol. The lowest BCUT2D eigenvalue weighted by Gasteiger charge is -2.59. The van der Waals surface area contributed by atoms with Crippen LogP contribution in [0.5, 0.6) is 0 Å². The van der Waals surface area contributed by atoms with Gasteiger partial charge in [-0.2, -0.15) is 0 Å². The predicted molar refractivity (Wildman–Crippen MR) is 226 cm³/mol. The summed E-state index contributed by atoms with van der Waals surface area (Å²) in [7, 11) is 0. The molecule has 0 saturated heterocycles. The topological polar surface area (TPSA) is 50.2 Å². The van der Waals surface area contributed by atoms with Crippen molar-refractivity contribution in [1.29, 1.82) is 0 Å². The molecule has 6 fully saturated rings. The maximum atomic E-state index is 12.4. The molecule has 8 aliphatic rings. The van der Waals surface area contributed by atoms with Crippen molar-refractivity contribution in [2.75, 3.05) is 0 Å². The molecule has 0 amide bonds. The number of rotatable bonds is 1. The third-order valence-electron chi connectivity index (χ3n) is 18.6. The number of aromatic nitrogens is 1. The van der Waals surface area contributed by atoms with Crippen LogP contribution in [0.2, 0.25) is 0 Å². The Morgan fingerprint density at radius 2 is 1.18 bits per heavy atom. The molecule has 13 atom stereocenters. The lowest BCUT2D eigenvalue weighted by molar-refractivity contribution is -0.131. The molecule has 0 aliphatic heterocycles. The quantitative estimate of drug-likeness (QED) is 0.296. The van der Waals surface area contributed by atoms with E-state index in [2.05, 4.69) is 89.0 Å². The molecule has 1 N–H and O–H groups in total. The first kappa shape index (κ1) is 39.3. The van der Waals surface area contributed by atoms with Crippen molar-refractivity contribution in [2.24, 2.45) is 69.0 Å². The van der Waals surface area contributed by atoms with Crippen molar-refractivity contribution in [1.82, 2.24) is 4.98 Å². The Bertz CT molecular complexity index is 1760. The highest BCUT2D eigenvalue weighted by Crippen LogP contribution is 2.69. The first-order valence-corrected chi connectivity index (χ1v) is 22.8. The van der Waals surface area contributed by atoms with E-state index in [1.54, 1.807) is 17.3 Å². The lowest BCUT2D eigenvalue weighted by Crippen LogP contribution is -2.53. The minimum Gasteiger partial charge on any atom is -0.385 e. The van der Waals surface area contributed by atoms with Crippen molar-refractivity contribution in [3.63, 3.8) is 0 Å². The number of carbonyl (C=O) groups is 1. The van der Waals surface area contributed by atoms with Crippen LogP contribution in [0.3, 0.4) is 0 Å². The van der Waals surface area contributed by atoms with Gasteiger partial charge in [0.1, 0.15) is 5.78 Å². The van der Waals surface area contributed by atoms with Gasteiger partial charge in [0.25, 0.3) is 0 Å². The van der Waals surface area contributed by atoms with Crippen molar-refractivity contribution in [2.45, 2.75) is 157 Å². The Morgan fingerprint density at radius 1 is 0.636 bits per heavy atom. The van der Waals surface area contributed by atoms with E-state index in [-0.39, 0.29) is 10.8 Å². The zero-order chi connectivity index (χ0) is 38.8. The van der Waals surface area contributed by atoms with Crippen LogP contribution in [0, 0.1) is 75.9 Å². The standard InChI is InChI=1S/C26H36O.C20H30O.C6H7N/c1-18-11-14-24(2)20(17-18)9-10-21-22(24)12-15-25(3)23(21)13-16-26(25,27)19-7-5-4-6-8-19;1-13-8-10-19(2)14(12-13)4-5-15-16-6-7-18(21)20(16,3)11-9-17(15)19;1-6-3-2-4-7-5-6/h4-9,18,21-23,27H,10-17H2,1-3H3;4,13,15-17H,5-12H2,1-3H3;2-5H,1H3/t18-,21?,22?,23?,24-,25-,26?;13-,15?,16?,17?,19-,20-;/m00./s1. The van der Waals surface area contributed by atoms with Gasteiger partial charge in [0.05, 0.1) is 5.60 Å². The van der Waals surface area contributed by atoms with Gasteiger partial charge in [-0.15, -0.1) is 0 Å². The number of benzene rings is 1. The maximum absolute atomic E-state index is 12.4. The molecule has 55 heavy (non-hydrogen) atoms. The van der Waals surface area contributed by atoms with Crippen LogP contribution in [0.4, 0.5) is 0 Å². The van der Waals surface area contributed by atoms with Gasteiger partial charge in [-0.25, -0.2) is 0 Å². The number of fused-ring (bicyclic) bond motifs is 10. The second-order valence-electron chi connectivity index (χ2n) is 21.4. The van der Waals surface area contributed by atoms with Gasteiger partial charge < -0.3 is 5.11 Å². The fourth-order valence-corrected chi connectivity index (χ4v) is 15.1. The van der Waals surface area contributed by atoms with Gasteiger partial charge >= 0.3 is 0 Å². The number of aryl methyl sites for hydroxylation is 1. The number of ketones is 1. The minimum absolute atomic E-state index is 0.0270. The first-order valence-electron chi connectivity index (χ1n) is 22.8. The molecule has 8 aliphatic carbocycles. The maximum Gasteiger partial charge on any atom is 0.139 e. The fourth-order valence-electron chi connectivity index (χ4n) is 15.1. The SMILES string of the molecule is C[C@H]1CC[C@@]2(C)C(=CCC3C2CC[C@@]2(C)C3CCC2(O)c2ccccc2)C1.C[C@H]1CC[C@@]2(C)C(=CCC3C2CC[C@]2(C)C(=O)CCC32)C1.Cc1cccnc1. The monoisotopic (exact) mass is 744 g/mol. The normalized spacial score (nSPS) is 45.3. The summed E-state index contributed by atoms with van der Waals surface area (Å²) >= 11 is 0. The smallest absolute Gasteiger partial charge is 0.139 e. The highest BCUT2D eigenvalue weighted by atomic mass is 16.3. The van der Waals surface area contributed by atoms with Gasteiger partial charge in [-0.05, 0) is 179 Å². The molecular formula is C52H73NO2. The Morgan fingerprint density at radius 3 is 1.75 bits per heavy atom. The average Bonchev–Trinajstić information content (AvgIpc) is 3.65. The molecule has 6 saturated carbocycles. The zero-order valence-corrected chi connectivity index (χ0v) is 35.6. The molecule has 0 spiro atoms. The fraction of sp³-hybridized carbons (Fsp3) is 0.692. The third-order valence-corrected chi connectivity index (χ3v) is 18.6. The first-order chi connectivity index (χ1) is 26.2. The van der Waals surface area contributed by atoms with Gasteiger partial charge in [0.2, 0.25) is 0 Å². The van der Waals surface area contributed by atoms with E-state index in [0.29, 0.717) is 28.4 Å². The van der Waals surface area contributed by atoms with Crippen molar-refractivity contribution in [3.8, 4) is 0 Å². The number of carbonyl (C=O) groups excluding carboxylic acids is 1. The molecular weight excluding hydrogens is 671 g/mol. The van der Waals surface area contributed by atoms with Crippen molar-refractivity contribution >= 4 is 5.78 Å². The molecule has 1 aromatic carbocycles. The lowest BCUT2D eigenvalue weighted by atomic mass is 9.46. The highest BCUT2D eigenvalue weighted by Gasteiger charge is 2.64. The molecule has 1 aromatic heterocycles. The van der Waals surface area contributed by atoms with Crippen molar-refractivity contribution in [3.05, 3.63) is 89.3 Å². The van der Waals surface area contributed by atoms with E-state index in [9.17, 15) is 9.90 Å². The summed E-state index contributed by atoms with van der Waals surface area (Å²) in [5.41, 5.74) is 6.23. The van der Waals surface area contributed by atoms with Crippen LogP contribution in [0.1, 0.15) is 155 Å². The number of pyridine rings is 1. The van der Waals surface area contributed by atoms with Crippen LogP contribution in [0.25, 0.3) is 0 Å². The summed E-state index contributed by atoms with van der Waals surface area (Å²) in [6.45, 7) is 16.7. The van der Waals surface area contributed by atoms with E-state index in [1.807, 2.05) is 25.3 Å². The Hall–Kier alpha value is -2.52. The molecule has 0 bridgehead atoms. The Kier molecular flexibility index (Phi) is 10.5. The zero-order valence-electron chi connectivity index (χ0n) is 35.6. The highest BCUT2D eigenvalue weighted by molar-refractivity contribution is 5.87. The van der Waals surface area contributed by atoms with Gasteiger partial charge in [0, 0.05) is 29.6 Å². The summed E-state index contributed by atoms with van der Waals surface area (Å²) < 4.78 is 0. The molecule has 2 aromatic rings. The second kappa shape index (κ2) is 14.7. The van der Waals surface area contributed by atoms with Gasteiger partial charge in [-0.1, -0.05) is 101 Å². The Labute approximate surface area is 334 Å². The van der Waals surface area contributed by atoms with Gasteiger partial charge in [-0.3, -0.25) is 9.78 Å². The van der Waals surface area contributed by atoms with Gasteiger partial charge in [0.15, 0.2) is 0 Å². The summed E-state index contributed by atoms with van der Waals surface area (Å²) in [5, 5.41) is 11.9. The van der Waals surface area contributed by atoms with E-state index in [1.165, 1.54) is 89.0 Å². The van der Waals surface area contributed by atoms with E-state index in [0.717, 1.165) is 60.3 Å². The van der Waals surface area contributed by atoms with Crippen LogP contribution in [-0.2, 0) is 10.4 Å². The van der Waals surface area contributed by atoms with Crippen LogP contribution in [-0.4, -0.2) is 15.9 Å². The number of allylic oxidation sites excluding steroid dienone is 4. The third kappa shape index (κ3) is 6.48. The van der Waals surface area contributed by atoms with E-state index >= 15 is 0 Å². The van der Waals surface area contributed by atoms with E-state index in [4.69, 9.17) is 0 Å². The minimum atomic E-state index is -0.643. The molecule has 3 nitrogen and oxygen atoms in total. The molecule has 0 radical (unpaired) electrons. The van der Waals surface area contributed by atoms with E-state index < -0.39 is 5.60 Å². The Balaban J connectivity index is 0.000000135. The number of Topliss-reactive ketones (excluding diaryl/α,β-unsaturated/α-hetero) is 1. The number of hydrogen-bond acceptors (Lipinski definition) is 3. The summed E-state index contributed by atoms with van der Waals surface area (Å²) in [6.07, 6.45) is 28.7. The number of aliphatic hydroxyl groups is 1. The second-order valence-corrected chi connectivity index (χ2v) is 21.4. The number of nitrogens with zero attached hydrogens (tertiary/aromatic N) is 1.